The molecule has 1 heterocycles. The van der Waals surface area contributed by atoms with Crippen LogP contribution in [0.2, 0.25) is 5.02 Å². The molecule has 0 fully saturated rings. The smallest absolute Gasteiger partial charge is 0.236 e. The fraction of sp³-hybridized carbons (Fsp3) is 0.286. The van der Waals surface area contributed by atoms with Crippen molar-refractivity contribution in [3.05, 3.63) is 100 Å². The molecule has 0 unspecified atom stereocenters. The van der Waals surface area contributed by atoms with Crippen LogP contribution in [0.3, 0.4) is 0 Å². The summed E-state index contributed by atoms with van der Waals surface area (Å²) in [7, 11) is 0. The Balaban J connectivity index is 1.87. The van der Waals surface area contributed by atoms with Crippen molar-refractivity contribution in [2.75, 3.05) is 6.61 Å². The molecule has 164 valence electrons. The number of benzene rings is 3. The van der Waals surface area contributed by atoms with Crippen LogP contribution < -0.4 is 0 Å². The Morgan fingerprint density at radius 1 is 0.875 bits per heavy atom. The maximum absolute atomic E-state index is 6.17. The molecule has 0 spiro atoms. The molecule has 0 bridgehead atoms. The number of para-hydroxylation sites is 1. The van der Waals surface area contributed by atoms with Crippen molar-refractivity contribution in [3.8, 4) is 0 Å². The first-order chi connectivity index (χ1) is 15.4. The quantitative estimate of drug-likeness (QED) is 0.356. The van der Waals surface area contributed by atoms with Crippen molar-refractivity contribution < 1.29 is 4.74 Å². The molecule has 0 saturated carbocycles. The highest BCUT2D eigenvalue weighted by Gasteiger charge is 2.26. The monoisotopic (exact) mass is 444 g/mol. The maximum atomic E-state index is 6.17. The number of halogens is 1. The van der Waals surface area contributed by atoms with E-state index in [4.69, 9.17) is 26.3 Å². The Morgan fingerprint density at radius 2 is 1.50 bits per heavy atom. The van der Waals surface area contributed by atoms with Gasteiger partial charge in [-0.05, 0) is 40.7 Å². The van der Waals surface area contributed by atoms with Gasteiger partial charge in [0.05, 0.1) is 5.69 Å². The molecule has 1 aliphatic heterocycles. The van der Waals surface area contributed by atoms with Gasteiger partial charge in [0.25, 0.3) is 0 Å². The summed E-state index contributed by atoms with van der Waals surface area (Å²) >= 11 is 6.17. The molecule has 0 aromatic heterocycles. The molecule has 0 saturated heterocycles. The van der Waals surface area contributed by atoms with Crippen LogP contribution in [-0.2, 0) is 4.74 Å². The summed E-state index contributed by atoms with van der Waals surface area (Å²) in [6.45, 7) is 9.32. The van der Waals surface area contributed by atoms with Gasteiger partial charge in [0.2, 0.25) is 5.90 Å². The molecule has 3 aromatic carbocycles. The lowest BCUT2D eigenvalue weighted by Crippen LogP contribution is -2.16. The third-order valence-electron chi connectivity index (χ3n) is 5.72. The number of nitrogens with zero attached hydrogens (tertiary/aromatic N) is 2. The van der Waals surface area contributed by atoms with Gasteiger partial charge in [-0.3, -0.25) is 0 Å². The summed E-state index contributed by atoms with van der Waals surface area (Å²) in [4.78, 5) is 10.2. The van der Waals surface area contributed by atoms with E-state index < -0.39 is 0 Å². The fourth-order valence-corrected chi connectivity index (χ4v) is 4.07. The molecule has 0 amide bonds. The molecule has 0 aliphatic carbocycles. The SMILES string of the molecule is CC(C)c1cccc(C(C)C)c1N=C(C1=N[C@@H](c2ccccc2)CO1)c1ccc(Cl)cc1. The van der Waals surface area contributed by atoms with E-state index in [1.807, 2.05) is 42.5 Å². The van der Waals surface area contributed by atoms with Crippen molar-refractivity contribution in [2.45, 2.75) is 45.6 Å². The van der Waals surface area contributed by atoms with Crippen LogP contribution in [0.25, 0.3) is 0 Å². The lowest BCUT2D eigenvalue weighted by Gasteiger charge is -2.18. The number of hydrogen-bond donors (Lipinski definition) is 0. The second-order valence-corrected chi connectivity index (χ2v) is 9.17. The molecule has 3 nitrogen and oxygen atoms in total. The zero-order valence-corrected chi connectivity index (χ0v) is 19.8. The van der Waals surface area contributed by atoms with E-state index in [0.717, 1.165) is 22.5 Å². The fourth-order valence-electron chi connectivity index (χ4n) is 3.95. The molecule has 32 heavy (non-hydrogen) atoms. The first-order valence-corrected chi connectivity index (χ1v) is 11.5. The number of aliphatic imine (C=N–C) groups is 2. The molecule has 4 heteroatoms. The summed E-state index contributed by atoms with van der Waals surface area (Å²) in [6, 6.07) is 24.4. The minimum atomic E-state index is -0.0337. The van der Waals surface area contributed by atoms with Gasteiger partial charge in [0.15, 0.2) is 0 Å². The topological polar surface area (TPSA) is 34.0 Å². The summed E-state index contributed by atoms with van der Waals surface area (Å²) in [5, 5.41) is 0.690. The zero-order chi connectivity index (χ0) is 22.7. The molecular weight excluding hydrogens is 416 g/mol. The summed E-state index contributed by atoms with van der Waals surface area (Å²) in [6.07, 6.45) is 0. The van der Waals surface area contributed by atoms with Crippen LogP contribution in [0.15, 0.2) is 82.8 Å². The first kappa shape index (κ1) is 22.3. The van der Waals surface area contributed by atoms with E-state index in [2.05, 4.69) is 58.0 Å². The third-order valence-corrected chi connectivity index (χ3v) is 5.97. The van der Waals surface area contributed by atoms with Crippen molar-refractivity contribution in [2.24, 2.45) is 9.98 Å². The van der Waals surface area contributed by atoms with Crippen LogP contribution in [0.4, 0.5) is 5.69 Å². The lowest BCUT2D eigenvalue weighted by atomic mass is 9.92. The van der Waals surface area contributed by atoms with E-state index in [0.29, 0.717) is 29.4 Å². The predicted octanol–water partition coefficient (Wildman–Crippen LogP) is 7.88. The van der Waals surface area contributed by atoms with E-state index in [9.17, 15) is 0 Å². The second-order valence-electron chi connectivity index (χ2n) is 8.73. The van der Waals surface area contributed by atoms with Crippen LogP contribution in [0, 0.1) is 0 Å². The molecule has 1 aliphatic rings. The van der Waals surface area contributed by atoms with E-state index in [1.165, 1.54) is 11.1 Å². The Morgan fingerprint density at radius 3 is 2.09 bits per heavy atom. The van der Waals surface area contributed by atoms with Crippen LogP contribution in [0.5, 0.6) is 0 Å². The van der Waals surface area contributed by atoms with Gasteiger partial charge in [-0.15, -0.1) is 0 Å². The molecular formula is C28H29ClN2O. The average Bonchev–Trinajstić information content (AvgIpc) is 3.28. The predicted molar refractivity (Wildman–Crippen MR) is 135 cm³/mol. The van der Waals surface area contributed by atoms with Gasteiger partial charge in [0, 0.05) is 10.6 Å². The average molecular weight is 445 g/mol. The molecule has 4 rings (SSSR count). The van der Waals surface area contributed by atoms with Crippen LogP contribution >= 0.6 is 11.6 Å². The number of ether oxygens (including phenoxy) is 1. The van der Waals surface area contributed by atoms with E-state index in [1.54, 1.807) is 0 Å². The van der Waals surface area contributed by atoms with Gasteiger partial charge < -0.3 is 4.74 Å². The Hall–Kier alpha value is -2.91. The lowest BCUT2D eigenvalue weighted by molar-refractivity contribution is 0.323. The Kier molecular flexibility index (Phi) is 6.76. The Bertz CT molecular complexity index is 1110. The van der Waals surface area contributed by atoms with Gasteiger partial charge in [-0.25, -0.2) is 9.98 Å². The van der Waals surface area contributed by atoms with Gasteiger partial charge >= 0.3 is 0 Å². The largest absolute Gasteiger partial charge is 0.474 e. The van der Waals surface area contributed by atoms with Crippen LogP contribution in [-0.4, -0.2) is 18.2 Å². The highest BCUT2D eigenvalue weighted by molar-refractivity contribution is 6.46. The van der Waals surface area contributed by atoms with Crippen molar-refractivity contribution in [1.82, 2.24) is 0 Å². The molecule has 0 N–H and O–H groups in total. The first-order valence-electron chi connectivity index (χ1n) is 11.2. The highest BCUT2D eigenvalue weighted by atomic mass is 35.5. The normalized spacial score (nSPS) is 16.4. The second kappa shape index (κ2) is 9.70. The van der Waals surface area contributed by atoms with Gasteiger partial charge in [0.1, 0.15) is 18.4 Å². The number of rotatable bonds is 6. The Labute approximate surface area is 195 Å². The van der Waals surface area contributed by atoms with Gasteiger partial charge in [-0.2, -0.15) is 0 Å². The number of hydrogen-bond acceptors (Lipinski definition) is 3. The minimum Gasteiger partial charge on any atom is -0.474 e. The molecule has 1 atom stereocenters. The molecule has 0 radical (unpaired) electrons. The maximum Gasteiger partial charge on any atom is 0.236 e. The zero-order valence-electron chi connectivity index (χ0n) is 19.0. The van der Waals surface area contributed by atoms with Crippen molar-refractivity contribution >= 4 is 28.9 Å². The van der Waals surface area contributed by atoms with Crippen LogP contribution in [0.1, 0.15) is 67.8 Å². The highest BCUT2D eigenvalue weighted by Crippen LogP contribution is 2.36. The standard InChI is InChI=1S/C28H29ClN2O/c1-18(2)23-11-8-12-24(19(3)4)27(23)31-26(21-13-15-22(29)16-14-21)28-30-25(17-32-28)20-9-6-5-7-10-20/h5-16,18-19,25H,17H2,1-4H3/t25-/m1/s1. The van der Waals surface area contributed by atoms with Crippen molar-refractivity contribution in [1.29, 1.82) is 0 Å². The summed E-state index contributed by atoms with van der Waals surface area (Å²) < 4.78 is 6.13. The summed E-state index contributed by atoms with van der Waals surface area (Å²) in [5.74, 6) is 1.28. The molecule has 3 aromatic rings. The minimum absolute atomic E-state index is 0.0337. The van der Waals surface area contributed by atoms with Gasteiger partial charge in [-0.1, -0.05) is 100.0 Å². The third kappa shape index (κ3) is 4.78. The van der Waals surface area contributed by atoms with Crippen molar-refractivity contribution in [3.63, 3.8) is 0 Å². The van der Waals surface area contributed by atoms with E-state index >= 15 is 0 Å². The van der Waals surface area contributed by atoms with E-state index in [-0.39, 0.29) is 6.04 Å². The summed E-state index contributed by atoms with van der Waals surface area (Å²) in [5.41, 5.74) is 6.28.